The van der Waals surface area contributed by atoms with Crippen LogP contribution in [-0.4, -0.2) is 29.5 Å². The predicted octanol–water partition coefficient (Wildman–Crippen LogP) is 5.98. The number of nitrogens with zero attached hydrogens (tertiary/aromatic N) is 3. The van der Waals surface area contributed by atoms with Crippen LogP contribution in [0.4, 0.5) is 11.5 Å². The van der Waals surface area contributed by atoms with E-state index in [-0.39, 0.29) is 16.6 Å². The third-order valence-electron chi connectivity index (χ3n) is 5.37. The van der Waals surface area contributed by atoms with Crippen LogP contribution in [0.3, 0.4) is 0 Å². The molecule has 0 fully saturated rings. The molecule has 2 aromatic heterocycles. The molecule has 0 bridgehead atoms. The topological polar surface area (TPSA) is 125 Å². The first-order valence-corrected chi connectivity index (χ1v) is 14.2. The number of nitrogens with one attached hydrogen (secondary N) is 2. The molecule has 192 valence electrons. The number of anilines is 2. The number of benzene rings is 2. The van der Waals surface area contributed by atoms with Gasteiger partial charge in [-0.1, -0.05) is 48.5 Å². The van der Waals surface area contributed by atoms with Crippen molar-refractivity contribution in [2.75, 3.05) is 10.0 Å². The van der Waals surface area contributed by atoms with Gasteiger partial charge in [0.2, 0.25) is 5.91 Å². The summed E-state index contributed by atoms with van der Waals surface area (Å²) in [5.74, 6) is -0.0829. The lowest BCUT2D eigenvalue weighted by Crippen LogP contribution is -2.25. The molecular weight excluding hydrogens is 542 g/mol. The minimum absolute atomic E-state index is 0.0319. The molecule has 0 saturated carbocycles. The van der Waals surface area contributed by atoms with Crippen LogP contribution in [0.25, 0.3) is 11.3 Å². The summed E-state index contributed by atoms with van der Waals surface area (Å²) < 4.78 is 27.6. The smallest absolute Gasteiger partial charge is 0.263 e. The zero-order chi connectivity index (χ0) is 27.1. The highest BCUT2D eigenvalue weighted by Crippen LogP contribution is 2.31. The molecule has 2 heterocycles. The number of carbonyl (C=O) groups excluding carboxylic acids is 1. The Morgan fingerprint density at radius 2 is 1.79 bits per heavy atom. The van der Waals surface area contributed by atoms with Crippen molar-refractivity contribution >= 4 is 50.8 Å². The van der Waals surface area contributed by atoms with Crippen LogP contribution in [0.15, 0.2) is 95.0 Å². The first-order chi connectivity index (χ1) is 18.3. The van der Waals surface area contributed by atoms with Gasteiger partial charge in [-0.3, -0.25) is 9.52 Å². The Morgan fingerprint density at radius 1 is 1.05 bits per heavy atom. The van der Waals surface area contributed by atoms with Crippen LogP contribution in [-0.2, 0) is 14.8 Å². The average Bonchev–Trinajstić information content (AvgIpc) is 2.92. The van der Waals surface area contributed by atoms with E-state index in [1.54, 1.807) is 42.5 Å². The Kier molecular flexibility index (Phi) is 8.63. The highest BCUT2D eigenvalue weighted by Gasteiger charge is 2.22. The van der Waals surface area contributed by atoms with Gasteiger partial charge in [-0.05, 0) is 67.1 Å². The first kappa shape index (κ1) is 27.1. The summed E-state index contributed by atoms with van der Waals surface area (Å²) in [7, 11) is -3.83. The van der Waals surface area contributed by atoms with Gasteiger partial charge >= 0.3 is 0 Å². The summed E-state index contributed by atoms with van der Waals surface area (Å²) >= 11 is 7.19. The number of rotatable bonds is 9. The van der Waals surface area contributed by atoms with Crippen LogP contribution in [0.5, 0.6) is 0 Å². The van der Waals surface area contributed by atoms with E-state index in [1.165, 1.54) is 42.2 Å². The number of sulfonamides is 1. The van der Waals surface area contributed by atoms with Crippen molar-refractivity contribution in [3.63, 3.8) is 0 Å². The molecule has 11 heteroatoms. The van der Waals surface area contributed by atoms with Crippen LogP contribution in [0, 0.1) is 11.3 Å². The lowest BCUT2D eigenvalue weighted by molar-refractivity contribution is -0.115. The van der Waals surface area contributed by atoms with Gasteiger partial charge in [-0.2, -0.15) is 5.26 Å². The largest absolute Gasteiger partial charge is 0.325 e. The molecule has 0 radical (unpaired) electrons. The fourth-order valence-corrected chi connectivity index (χ4v) is 5.54. The number of pyridine rings is 2. The molecular formula is C27H22ClN5O3S2. The molecule has 0 aliphatic rings. The number of nitriles is 1. The fourth-order valence-electron chi connectivity index (χ4n) is 3.41. The van der Waals surface area contributed by atoms with Crippen molar-refractivity contribution < 1.29 is 13.2 Å². The Morgan fingerprint density at radius 3 is 2.42 bits per heavy atom. The molecule has 1 unspecified atom stereocenters. The van der Waals surface area contributed by atoms with E-state index in [4.69, 9.17) is 11.6 Å². The van der Waals surface area contributed by atoms with E-state index in [2.05, 4.69) is 26.1 Å². The van der Waals surface area contributed by atoms with Gasteiger partial charge in [0, 0.05) is 22.5 Å². The molecule has 8 nitrogen and oxygen atoms in total. The number of amides is 1. The lowest BCUT2D eigenvalue weighted by Gasteiger charge is -2.16. The monoisotopic (exact) mass is 563 g/mol. The molecule has 0 aliphatic heterocycles. The van der Waals surface area contributed by atoms with Crippen LogP contribution in [0.2, 0.25) is 5.02 Å². The zero-order valence-electron chi connectivity index (χ0n) is 20.1. The maximum absolute atomic E-state index is 13.1. The summed E-state index contributed by atoms with van der Waals surface area (Å²) in [4.78, 5) is 21.7. The molecule has 1 amide bonds. The molecule has 2 N–H and O–H groups in total. The standard InChI is InChI=1S/C27H22ClN5O3S2/c1-2-24(37-27-19(17-29)8-15-23(32-27)18-6-9-20(28)10-7-18)26(34)31-21-11-13-22(14-12-21)38(35,36)33-25-5-3-4-16-30-25/h3-16,24H,2H2,1H3,(H,30,33)(H,31,34). The second-order valence-electron chi connectivity index (χ2n) is 8.02. The zero-order valence-corrected chi connectivity index (χ0v) is 22.5. The van der Waals surface area contributed by atoms with E-state index in [0.717, 1.165) is 5.56 Å². The van der Waals surface area contributed by atoms with E-state index in [1.807, 2.05) is 19.1 Å². The van der Waals surface area contributed by atoms with Crippen molar-refractivity contribution in [1.29, 1.82) is 5.26 Å². The summed E-state index contributed by atoms with van der Waals surface area (Å²) in [5.41, 5.74) is 2.31. The van der Waals surface area contributed by atoms with E-state index >= 15 is 0 Å². The Labute approximate surface area is 230 Å². The molecule has 1 atom stereocenters. The van der Waals surface area contributed by atoms with E-state index in [0.29, 0.717) is 33.4 Å². The van der Waals surface area contributed by atoms with Crippen LogP contribution in [0.1, 0.15) is 18.9 Å². The molecule has 4 aromatic rings. The Balaban J connectivity index is 1.47. The molecule has 2 aromatic carbocycles. The van der Waals surface area contributed by atoms with Gasteiger partial charge in [0.1, 0.15) is 16.9 Å². The van der Waals surface area contributed by atoms with Crippen LogP contribution < -0.4 is 10.0 Å². The van der Waals surface area contributed by atoms with Gasteiger partial charge in [0.05, 0.1) is 21.4 Å². The molecule has 0 spiro atoms. The van der Waals surface area contributed by atoms with Crippen molar-refractivity contribution in [2.45, 2.75) is 28.5 Å². The van der Waals surface area contributed by atoms with Gasteiger partial charge in [-0.15, -0.1) is 0 Å². The average molecular weight is 564 g/mol. The predicted molar refractivity (Wildman–Crippen MR) is 149 cm³/mol. The number of carbonyl (C=O) groups is 1. The molecule has 0 saturated heterocycles. The summed E-state index contributed by atoms with van der Waals surface area (Å²) in [5, 5.41) is 12.9. The van der Waals surface area contributed by atoms with Crippen molar-refractivity contribution in [2.24, 2.45) is 0 Å². The maximum atomic E-state index is 13.1. The highest BCUT2D eigenvalue weighted by molar-refractivity contribution is 8.00. The second kappa shape index (κ2) is 12.1. The quantitative estimate of drug-likeness (QED) is 0.240. The maximum Gasteiger partial charge on any atom is 0.263 e. The van der Waals surface area contributed by atoms with Gasteiger partial charge in [0.25, 0.3) is 10.0 Å². The molecule has 38 heavy (non-hydrogen) atoms. The highest BCUT2D eigenvalue weighted by atomic mass is 35.5. The lowest BCUT2D eigenvalue weighted by atomic mass is 10.1. The normalized spacial score (nSPS) is 11.8. The van der Waals surface area contributed by atoms with E-state index < -0.39 is 15.3 Å². The van der Waals surface area contributed by atoms with Crippen molar-refractivity contribution in [3.8, 4) is 17.3 Å². The second-order valence-corrected chi connectivity index (χ2v) is 11.3. The molecule has 0 aliphatic carbocycles. The molecule has 4 rings (SSSR count). The van der Waals surface area contributed by atoms with Crippen molar-refractivity contribution in [3.05, 3.63) is 95.6 Å². The van der Waals surface area contributed by atoms with Crippen molar-refractivity contribution in [1.82, 2.24) is 9.97 Å². The number of hydrogen-bond donors (Lipinski definition) is 2. The number of hydrogen-bond acceptors (Lipinski definition) is 7. The fraction of sp³-hybridized carbons (Fsp3) is 0.111. The van der Waals surface area contributed by atoms with Gasteiger partial charge in [-0.25, -0.2) is 18.4 Å². The summed E-state index contributed by atoms with van der Waals surface area (Å²) in [6, 6.07) is 23.5. The minimum atomic E-state index is -3.83. The summed E-state index contributed by atoms with van der Waals surface area (Å²) in [6.07, 6.45) is 1.97. The number of thioether (sulfide) groups is 1. The van der Waals surface area contributed by atoms with Gasteiger partial charge < -0.3 is 5.32 Å². The van der Waals surface area contributed by atoms with Gasteiger partial charge in [0.15, 0.2) is 0 Å². The number of aromatic nitrogens is 2. The Bertz CT molecular complexity index is 1570. The minimum Gasteiger partial charge on any atom is -0.325 e. The van der Waals surface area contributed by atoms with Crippen LogP contribution >= 0.6 is 23.4 Å². The first-order valence-electron chi connectivity index (χ1n) is 11.5. The Hall–Kier alpha value is -3.91. The summed E-state index contributed by atoms with van der Waals surface area (Å²) in [6.45, 7) is 1.87. The number of halogens is 1. The van der Waals surface area contributed by atoms with E-state index in [9.17, 15) is 18.5 Å². The SMILES string of the molecule is CCC(Sc1nc(-c2ccc(Cl)cc2)ccc1C#N)C(=O)Nc1ccc(S(=O)(=O)Nc2ccccn2)cc1. The third kappa shape index (κ3) is 6.69. The third-order valence-corrected chi connectivity index (χ3v) is 8.36.